The highest BCUT2D eigenvalue weighted by atomic mass is 16.5. The number of nitrogens with one attached hydrogen (secondary N) is 2. The Morgan fingerprint density at radius 1 is 1.00 bits per heavy atom. The molecular weight excluding hydrogens is 320 g/mol. The van der Waals surface area contributed by atoms with Crippen LogP contribution < -0.4 is 10.6 Å². The Kier molecular flexibility index (Phi) is 5.69. The summed E-state index contributed by atoms with van der Waals surface area (Å²) in [6.07, 6.45) is 5.07. The maximum atomic E-state index is 12.0. The van der Waals surface area contributed by atoms with E-state index in [9.17, 15) is 9.59 Å². The highest BCUT2D eigenvalue weighted by Gasteiger charge is 2.26. The van der Waals surface area contributed by atoms with Crippen LogP contribution in [-0.4, -0.2) is 47.6 Å². The fourth-order valence-corrected chi connectivity index (χ4v) is 2.72. The van der Waals surface area contributed by atoms with E-state index in [1.807, 2.05) is 18.2 Å². The number of benzene rings is 1. The molecule has 0 aliphatic carbocycles. The molecule has 1 aromatic carbocycles. The quantitative estimate of drug-likeness (QED) is 0.820. The predicted octanol–water partition coefficient (Wildman–Crippen LogP) is 1.04. The van der Waals surface area contributed by atoms with Gasteiger partial charge in [0.25, 0.3) is 11.8 Å². The number of carbonyl (C=O) groups excluding carboxylic acids is 2. The standard InChI is InChI=1S/C18H20N4O3/c23-17(14-4-2-1-3-5-14)21-7-13-6-16(25-11-13)10-22-18(24)15-8-19-12-20-9-15/h1-5,8-9,12-13,16H,6-7,10-11H2,(H,21,23)(H,22,24)/t13-,16+/m1/s1. The van der Waals surface area contributed by atoms with Gasteiger partial charge in [0.15, 0.2) is 0 Å². The summed E-state index contributed by atoms with van der Waals surface area (Å²) >= 11 is 0. The summed E-state index contributed by atoms with van der Waals surface area (Å²) in [4.78, 5) is 31.6. The fourth-order valence-electron chi connectivity index (χ4n) is 2.72. The van der Waals surface area contributed by atoms with E-state index in [1.165, 1.54) is 18.7 Å². The van der Waals surface area contributed by atoms with Crippen molar-refractivity contribution in [3.63, 3.8) is 0 Å². The minimum absolute atomic E-state index is 0.0489. The summed E-state index contributed by atoms with van der Waals surface area (Å²) in [7, 11) is 0. The molecule has 2 atom stereocenters. The first-order chi connectivity index (χ1) is 12.2. The van der Waals surface area contributed by atoms with Crippen molar-refractivity contribution in [2.24, 2.45) is 5.92 Å². The molecule has 1 aliphatic rings. The largest absolute Gasteiger partial charge is 0.376 e. The average molecular weight is 340 g/mol. The van der Waals surface area contributed by atoms with Crippen molar-refractivity contribution in [3.8, 4) is 0 Å². The monoisotopic (exact) mass is 340 g/mol. The number of hydrogen-bond acceptors (Lipinski definition) is 5. The Balaban J connectivity index is 1.39. The number of amides is 2. The van der Waals surface area contributed by atoms with E-state index in [1.54, 1.807) is 12.1 Å². The zero-order chi connectivity index (χ0) is 17.5. The van der Waals surface area contributed by atoms with Crippen LogP contribution in [0.2, 0.25) is 0 Å². The molecule has 0 unspecified atom stereocenters. The molecule has 2 amide bonds. The van der Waals surface area contributed by atoms with E-state index in [-0.39, 0.29) is 23.8 Å². The molecule has 1 aromatic heterocycles. The summed E-state index contributed by atoms with van der Waals surface area (Å²) in [5.74, 6) is -0.0546. The van der Waals surface area contributed by atoms with Gasteiger partial charge in [0, 0.05) is 37.0 Å². The van der Waals surface area contributed by atoms with Gasteiger partial charge in [0.1, 0.15) is 6.33 Å². The van der Waals surface area contributed by atoms with Crippen LogP contribution in [0.4, 0.5) is 0 Å². The molecule has 0 saturated carbocycles. The molecule has 1 aliphatic heterocycles. The van der Waals surface area contributed by atoms with E-state index >= 15 is 0 Å². The highest BCUT2D eigenvalue weighted by molar-refractivity contribution is 5.94. The van der Waals surface area contributed by atoms with Gasteiger partial charge < -0.3 is 15.4 Å². The molecule has 0 radical (unpaired) electrons. The Morgan fingerprint density at radius 3 is 2.44 bits per heavy atom. The van der Waals surface area contributed by atoms with Gasteiger partial charge in [-0.05, 0) is 18.6 Å². The van der Waals surface area contributed by atoms with Crippen molar-refractivity contribution in [1.29, 1.82) is 0 Å². The van der Waals surface area contributed by atoms with Crippen molar-refractivity contribution in [2.75, 3.05) is 19.7 Å². The predicted molar refractivity (Wildman–Crippen MR) is 91.0 cm³/mol. The van der Waals surface area contributed by atoms with Crippen LogP contribution in [0.3, 0.4) is 0 Å². The molecule has 1 fully saturated rings. The number of nitrogens with zero attached hydrogens (tertiary/aromatic N) is 2. The summed E-state index contributed by atoms with van der Waals surface area (Å²) in [6.45, 7) is 1.56. The lowest BCUT2D eigenvalue weighted by Crippen LogP contribution is -2.32. The zero-order valence-electron chi connectivity index (χ0n) is 13.7. The van der Waals surface area contributed by atoms with Gasteiger partial charge in [0.2, 0.25) is 0 Å². The third kappa shape index (κ3) is 4.84. The molecule has 25 heavy (non-hydrogen) atoms. The average Bonchev–Trinajstić information content (AvgIpc) is 3.13. The minimum atomic E-state index is -0.218. The van der Waals surface area contributed by atoms with Crippen LogP contribution in [0, 0.1) is 5.92 Å². The third-order valence-corrected chi connectivity index (χ3v) is 4.06. The Bertz CT molecular complexity index is 647. The van der Waals surface area contributed by atoms with Crippen LogP contribution in [0.5, 0.6) is 0 Å². The first-order valence-corrected chi connectivity index (χ1v) is 8.20. The Hall–Kier alpha value is -2.80. The second-order valence-electron chi connectivity index (χ2n) is 5.97. The summed E-state index contributed by atoms with van der Waals surface area (Å²) in [5.41, 5.74) is 1.07. The highest BCUT2D eigenvalue weighted by Crippen LogP contribution is 2.18. The number of hydrogen-bond donors (Lipinski definition) is 2. The molecule has 3 rings (SSSR count). The normalized spacial score (nSPS) is 19.4. The fraction of sp³-hybridized carbons (Fsp3) is 0.333. The maximum absolute atomic E-state index is 12.0. The zero-order valence-corrected chi connectivity index (χ0v) is 13.7. The van der Waals surface area contributed by atoms with Crippen molar-refractivity contribution >= 4 is 11.8 Å². The molecule has 7 heteroatoms. The lowest BCUT2D eigenvalue weighted by atomic mass is 10.1. The Morgan fingerprint density at radius 2 is 1.68 bits per heavy atom. The summed E-state index contributed by atoms with van der Waals surface area (Å²) in [5, 5.41) is 5.75. The number of aromatic nitrogens is 2. The summed E-state index contributed by atoms with van der Waals surface area (Å²) in [6, 6.07) is 9.12. The van der Waals surface area contributed by atoms with E-state index in [0.29, 0.717) is 30.8 Å². The van der Waals surface area contributed by atoms with E-state index < -0.39 is 0 Å². The van der Waals surface area contributed by atoms with Crippen molar-refractivity contribution in [2.45, 2.75) is 12.5 Å². The first-order valence-electron chi connectivity index (χ1n) is 8.20. The maximum Gasteiger partial charge on any atom is 0.254 e. The van der Waals surface area contributed by atoms with E-state index in [4.69, 9.17) is 4.74 Å². The van der Waals surface area contributed by atoms with Crippen LogP contribution in [0.15, 0.2) is 49.1 Å². The van der Waals surface area contributed by atoms with E-state index in [2.05, 4.69) is 20.6 Å². The third-order valence-electron chi connectivity index (χ3n) is 4.06. The van der Waals surface area contributed by atoms with Gasteiger partial charge in [-0.25, -0.2) is 9.97 Å². The number of carbonyl (C=O) groups is 2. The molecule has 2 aromatic rings. The first kappa shape index (κ1) is 17.0. The second kappa shape index (κ2) is 8.34. The van der Waals surface area contributed by atoms with Gasteiger partial charge in [-0.1, -0.05) is 18.2 Å². The molecule has 7 nitrogen and oxygen atoms in total. The second-order valence-corrected chi connectivity index (χ2v) is 5.97. The SMILES string of the molecule is O=C(NC[C@@H]1CO[C@H](CNC(=O)c2cncnc2)C1)c1ccccc1. The lowest BCUT2D eigenvalue weighted by molar-refractivity contribution is 0.0842. The van der Waals surface area contributed by atoms with E-state index in [0.717, 1.165) is 6.42 Å². The van der Waals surface area contributed by atoms with Crippen LogP contribution in [0.25, 0.3) is 0 Å². The van der Waals surface area contributed by atoms with Gasteiger partial charge in [-0.3, -0.25) is 9.59 Å². The molecule has 130 valence electrons. The van der Waals surface area contributed by atoms with Crippen molar-refractivity contribution in [3.05, 3.63) is 60.2 Å². The van der Waals surface area contributed by atoms with Crippen molar-refractivity contribution < 1.29 is 14.3 Å². The topological polar surface area (TPSA) is 93.2 Å². The van der Waals surface area contributed by atoms with Gasteiger partial charge in [-0.15, -0.1) is 0 Å². The molecule has 2 heterocycles. The number of ether oxygens (including phenoxy) is 1. The molecule has 1 saturated heterocycles. The van der Waals surface area contributed by atoms with Crippen molar-refractivity contribution in [1.82, 2.24) is 20.6 Å². The smallest absolute Gasteiger partial charge is 0.254 e. The van der Waals surface area contributed by atoms with Crippen LogP contribution >= 0.6 is 0 Å². The van der Waals surface area contributed by atoms with Gasteiger partial charge in [-0.2, -0.15) is 0 Å². The van der Waals surface area contributed by atoms with Crippen LogP contribution in [0.1, 0.15) is 27.1 Å². The minimum Gasteiger partial charge on any atom is -0.376 e. The Labute approximate surface area is 145 Å². The van der Waals surface area contributed by atoms with Gasteiger partial charge in [0.05, 0.1) is 18.3 Å². The molecular formula is C18H20N4O3. The summed E-state index contributed by atoms with van der Waals surface area (Å²) < 4.78 is 5.69. The molecule has 0 bridgehead atoms. The lowest BCUT2D eigenvalue weighted by Gasteiger charge is -2.11. The molecule has 0 spiro atoms. The van der Waals surface area contributed by atoms with Crippen LogP contribution in [-0.2, 0) is 4.74 Å². The number of rotatable bonds is 6. The molecule has 2 N–H and O–H groups in total. The van der Waals surface area contributed by atoms with Gasteiger partial charge >= 0.3 is 0 Å².